The first-order valence-electron chi connectivity index (χ1n) is 6.46. The van der Waals surface area contributed by atoms with E-state index in [0.717, 1.165) is 13.0 Å². The number of rotatable bonds is 4. The second-order valence-corrected chi connectivity index (χ2v) is 5.16. The molecule has 3 N–H and O–H groups in total. The number of halogens is 1. The van der Waals surface area contributed by atoms with E-state index in [9.17, 15) is 14.3 Å². The Morgan fingerprint density at radius 1 is 1.58 bits per heavy atom. The lowest BCUT2D eigenvalue weighted by atomic mass is 10.0. The van der Waals surface area contributed by atoms with Gasteiger partial charge in [0.05, 0.1) is 6.61 Å². The van der Waals surface area contributed by atoms with Crippen LogP contribution in [0.2, 0.25) is 0 Å². The molecule has 1 amide bonds. The van der Waals surface area contributed by atoms with E-state index in [2.05, 4.69) is 6.92 Å². The molecule has 0 radical (unpaired) electrons. The number of hydrogen-bond acceptors (Lipinski definition) is 3. The van der Waals surface area contributed by atoms with E-state index in [-0.39, 0.29) is 18.5 Å². The van der Waals surface area contributed by atoms with Crippen molar-refractivity contribution in [3.63, 3.8) is 0 Å². The average molecular weight is 266 g/mol. The van der Waals surface area contributed by atoms with Crippen LogP contribution in [0, 0.1) is 11.7 Å². The Hall–Kier alpha value is -1.46. The molecule has 1 aromatic rings. The van der Waals surface area contributed by atoms with Gasteiger partial charge in [-0.2, -0.15) is 0 Å². The summed E-state index contributed by atoms with van der Waals surface area (Å²) < 4.78 is 13.8. The zero-order valence-corrected chi connectivity index (χ0v) is 11.0. The van der Waals surface area contributed by atoms with E-state index in [1.807, 2.05) is 4.90 Å². The van der Waals surface area contributed by atoms with Crippen molar-refractivity contribution in [1.29, 1.82) is 0 Å². The SMILES string of the molecule is CC1CCN(Cc2cc(C(N)=O)ccc2F)C1CO. The number of nitrogens with zero attached hydrogens (tertiary/aromatic N) is 1. The molecule has 1 aromatic carbocycles. The van der Waals surface area contributed by atoms with Gasteiger partial charge in [-0.25, -0.2) is 4.39 Å². The maximum absolute atomic E-state index is 13.8. The maximum Gasteiger partial charge on any atom is 0.248 e. The number of likely N-dealkylation sites (tertiary alicyclic amines) is 1. The van der Waals surface area contributed by atoms with Crippen LogP contribution in [0.1, 0.15) is 29.3 Å². The molecule has 1 aliphatic rings. The fourth-order valence-corrected chi connectivity index (χ4v) is 2.65. The van der Waals surface area contributed by atoms with Gasteiger partial charge < -0.3 is 10.8 Å². The minimum atomic E-state index is -0.560. The van der Waals surface area contributed by atoms with Crippen LogP contribution in [-0.2, 0) is 6.54 Å². The van der Waals surface area contributed by atoms with Crippen molar-refractivity contribution in [2.75, 3.05) is 13.2 Å². The predicted octanol–water partition coefficient (Wildman–Crippen LogP) is 1.13. The largest absolute Gasteiger partial charge is 0.395 e. The van der Waals surface area contributed by atoms with Crippen LogP contribution >= 0.6 is 0 Å². The molecule has 5 heteroatoms. The Kier molecular flexibility index (Phi) is 4.17. The molecule has 0 spiro atoms. The molecule has 1 fully saturated rings. The summed E-state index contributed by atoms with van der Waals surface area (Å²) in [4.78, 5) is 13.2. The lowest BCUT2D eigenvalue weighted by Crippen LogP contribution is -2.35. The number of benzene rings is 1. The van der Waals surface area contributed by atoms with Crippen molar-refractivity contribution < 1.29 is 14.3 Å². The molecule has 1 aliphatic heterocycles. The third-order valence-electron chi connectivity index (χ3n) is 3.89. The second-order valence-electron chi connectivity index (χ2n) is 5.16. The number of amides is 1. The summed E-state index contributed by atoms with van der Waals surface area (Å²) in [6, 6.07) is 4.20. The number of primary amides is 1. The Bertz CT molecular complexity index is 479. The molecular weight excluding hydrogens is 247 g/mol. The van der Waals surface area contributed by atoms with Crippen molar-refractivity contribution in [2.24, 2.45) is 11.7 Å². The van der Waals surface area contributed by atoms with Gasteiger partial charge in [0.2, 0.25) is 5.91 Å². The van der Waals surface area contributed by atoms with Crippen molar-refractivity contribution in [3.8, 4) is 0 Å². The fourth-order valence-electron chi connectivity index (χ4n) is 2.65. The van der Waals surface area contributed by atoms with Crippen molar-refractivity contribution >= 4 is 5.91 Å². The highest BCUT2D eigenvalue weighted by molar-refractivity contribution is 5.92. The lowest BCUT2D eigenvalue weighted by molar-refractivity contribution is 0.0999. The van der Waals surface area contributed by atoms with E-state index in [0.29, 0.717) is 23.6 Å². The summed E-state index contributed by atoms with van der Waals surface area (Å²) in [7, 11) is 0. The standard InChI is InChI=1S/C14H19FN2O2/c1-9-4-5-17(13(9)8-18)7-11-6-10(14(16)19)2-3-12(11)15/h2-3,6,9,13,18H,4-5,7-8H2,1H3,(H2,16,19). The minimum absolute atomic E-state index is 0.0524. The van der Waals surface area contributed by atoms with Gasteiger partial charge in [-0.15, -0.1) is 0 Å². The van der Waals surface area contributed by atoms with Gasteiger partial charge in [0.25, 0.3) is 0 Å². The Balaban J connectivity index is 2.18. The maximum atomic E-state index is 13.8. The van der Waals surface area contributed by atoms with E-state index < -0.39 is 5.91 Å². The normalized spacial score (nSPS) is 23.7. The summed E-state index contributed by atoms with van der Waals surface area (Å²) >= 11 is 0. The first kappa shape index (κ1) is 14.0. The van der Waals surface area contributed by atoms with Crippen LogP contribution < -0.4 is 5.73 Å². The van der Waals surface area contributed by atoms with Crippen molar-refractivity contribution in [2.45, 2.75) is 25.9 Å². The number of nitrogens with two attached hydrogens (primary N) is 1. The molecule has 0 bridgehead atoms. The van der Waals surface area contributed by atoms with Gasteiger partial charge >= 0.3 is 0 Å². The summed E-state index contributed by atoms with van der Waals surface area (Å²) in [6.07, 6.45) is 0.988. The summed E-state index contributed by atoms with van der Waals surface area (Å²) in [5.74, 6) is -0.511. The quantitative estimate of drug-likeness (QED) is 0.858. The van der Waals surface area contributed by atoms with E-state index >= 15 is 0 Å². The lowest BCUT2D eigenvalue weighted by Gasteiger charge is -2.25. The van der Waals surface area contributed by atoms with E-state index in [1.54, 1.807) is 0 Å². The van der Waals surface area contributed by atoms with Gasteiger partial charge in [0, 0.05) is 23.7 Å². The number of carbonyl (C=O) groups excluding carboxylic acids is 1. The van der Waals surface area contributed by atoms with E-state index in [4.69, 9.17) is 5.73 Å². The fraction of sp³-hybridized carbons (Fsp3) is 0.500. The number of aliphatic hydroxyl groups excluding tert-OH is 1. The van der Waals surface area contributed by atoms with Crippen LogP contribution in [-0.4, -0.2) is 35.1 Å². The van der Waals surface area contributed by atoms with Gasteiger partial charge in [-0.05, 0) is 37.1 Å². The molecule has 1 heterocycles. The first-order chi connectivity index (χ1) is 9.02. The van der Waals surface area contributed by atoms with Crippen molar-refractivity contribution in [3.05, 3.63) is 35.1 Å². The monoisotopic (exact) mass is 266 g/mol. The molecule has 1 saturated heterocycles. The van der Waals surface area contributed by atoms with Gasteiger partial charge in [0.15, 0.2) is 0 Å². The molecule has 104 valence electrons. The van der Waals surface area contributed by atoms with Crippen LogP contribution in [0.25, 0.3) is 0 Å². The minimum Gasteiger partial charge on any atom is -0.395 e. The molecule has 0 aliphatic carbocycles. The third kappa shape index (κ3) is 2.93. The molecule has 4 nitrogen and oxygen atoms in total. The van der Waals surface area contributed by atoms with Crippen LogP contribution in [0.3, 0.4) is 0 Å². The van der Waals surface area contributed by atoms with Crippen LogP contribution in [0.5, 0.6) is 0 Å². The highest BCUT2D eigenvalue weighted by Gasteiger charge is 2.30. The summed E-state index contributed by atoms with van der Waals surface area (Å²) in [5.41, 5.74) is 5.96. The molecule has 2 rings (SSSR count). The zero-order chi connectivity index (χ0) is 14.0. The Morgan fingerprint density at radius 2 is 2.32 bits per heavy atom. The molecular formula is C14H19FN2O2. The van der Waals surface area contributed by atoms with E-state index in [1.165, 1.54) is 18.2 Å². The third-order valence-corrected chi connectivity index (χ3v) is 3.89. The van der Waals surface area contributed by atoms with Gasteiger partial charge in [0.1, 0.15) is 5.82 Å². The first-order valence-corrected chi connectivity index (χ1v) is 6.46. The zero-order valence-electron chi connectivity index (χ0n) is 11.0. The molecule has 2 unspecified atom stereocenters. The summed E-state index contributed by atoms with van der Waals surface area (Å²) in [6.45, 7) is 3.37. The predicted molar refractivity (Wildman–Crippen MR) is 70.0 cm³/mol. The summed E-state index contributed by atoms with van der Waals surface area (Å²) in [5, 5.41) is 9.39. The van der Waals surface area contributed by atoms with Crippen LogP contribution in [0.15, 0.2) is 18.2 Å². The molecule has 19 heavy (non-hydrogen) atoms. The number of aliphatic hydroxyl groups is 1. The smallest absolute Gasteiger partial charge is 0.248 e. The van der Waals surface area contributed by atoms with Crippen LogP contribution in [0.4, 0.5) is 4.39 Å². The second kappa shape index (κ2) is 5.67. The molecule has 0 aromatic heterocycles. The molecule has 2 atom stereocenters. The number of carbonyl (C=O) groups is 1. The van der Waals surface area contributed by atoms with Gasteiger partial charge in [-0.1, -0.05) is 6.92 Å². The van der Waals surface area contributed by atoms with Crippen molar-refractivity contribution in [1.82, 2.24) is 4.90 Å². The topological polar surface area (TPSA) is 66.6 Å². The van der Waals surface area contributed by atoms with Gasteiger partial charge in [-0.3, -0.25) is 9.69 Å². The number of hydrogen-bond donors (Lipinski definition) is 2. The average Bonchev–Trinajstić information content (AvgIpc) is 2.72. The Morgan fingerprint density at radius 3 is 2.95 bits per heavy atom. The highest BCUT2D eigenvalue weighted by atomic mass is 19.1. The molecule has 0 saturated carbocycles. The highest BCUT2D eigenvalue weighted by Crippen LogP contribution is 2.26. The Labute approximate surface area is 112 Å².